The summed E-state index contributed by atoms with van der Waals surface area (Å²) < 4.78 is 0. The van der Waals surface area contributed by atoms with Gasteiger partial charge in [-0.2, -0.15) is 0 Å². The third-order valence-corrected chi connectivity index (χ3v) is 2.90. The van der Waals surface area contributed by atoms with Crippen molar-refractivity contribution in [2.45, 2.75) is 25.7 Å². The zero-order valence-electron chi connectivity index (χ0n) is 9.94. The highest BCUT2D eigenvalue weighted by Crippen LogP contribution is 2.17. The maximum Gasteiger partial charge on any atom is 0.303 e. The number of piperidine rings is 1. The molecule has 0 aliphatic carbocycles. The highest BCUT2D eigenvalue weighted by Gasteiger charge is 2.28. The van der Waals surface area contributed by atoms with Gasteiger partial charge in [0.25, 0.3) is 0 Å². The molecule has 1 aliphatic rings. The third kappa shape index (κ3) is 4.42. The lowest BCUT2D eigenvalue weighted by atomic mass is 9.95. The number of likely N-dealkylation sites (tertiary alicyclic amines) is 1. The van der Waals surface area contributed by atoms with Crippen molar-refractivity contribution in [1.29, 1.82) is 0 Å². The summed E-state index contributed by atoms with van der Waals surface area (Å²) in [5, 5.41) is 11.1. The molecule has 0 bridgehead atoms. The van der Waals surface area contributed by atoms with Crippen LogP contribution in [0.2, 0.25) is 0 Å². The number of carboxylic acid groups (broad SMARTS) is 1. The number of rotatable bonds is 5. The van der Waals surface area contributed by atoms with Gasteiger partial charge in [-0.25, -0.2) is 0 Å². The number of carboxylic acids is 1. The number of amides is 2. The summed E-state index contributed by atoms with van der Waals surface area (Å²) in [6.07, 6.45) is 1.39. The van der Waals surface area contributed by atoms with Gasteiger partial charge in [0, 0.05) is 38.9 Å². The molecule has 2 amide bonds. The molecule has 1 rings (SSSR count). The monoisotopic (exact) mass is 242 g/mol. The lowest BCUT2D eigenvalue weighted by Crippen LogP contribution is -2.42. The van der Waals surface area contributed by atoms with Crippen LogP contribution in [0.4, 0.5) is 0 Å². The Kier molecular flexibility index (Phi) is 4.93. The first-order chi connectivity index (χ1) is 8.00. The quantitative estimate of drug-likeness (QED) is 0.656. The topological polar surface area (TPSA) is 86.7 Å². The summed E-state index contributed by atoms with van der Waals surface area (Å²) in [5.74, 6) is -1.28. The van der Waals surface area contributed by atoms with Crippen molar-refractivity contribution < 1.29 is 19.5 Å². The first-order valence-corrected chi connectivity index (χ1v) is 5.74. The fourth-order valence-electron chi connectivity index (χ4n) is 1.76. The van der Waals surface area contributed by atoms with Gasteiger partial charge in [-0.05, 0) is 12.8 Å². The van der Waals surface area contributed by atoms with E-state index in [9.17, 15) is 14.4 Å². The summed E-state index contributed by atoms with van der Waals surface area (Å²) >= 11 is 0. The fraction of sp³-hybridized carbons (Fsp3) is 0.727. The van der Waals surface area contributed by atoms with E-state index in [1.165, 1.54) is 0 Å². The van der Waals surface area contributed by atoms with E-state index in [4.69, 9.17) is 5.11 Å². The summed E-state index contributed by atoms with van der Waals surface area (Å²) in [4.78, 5) is 34.9. The maximum absolute atomic E-state index is 11.7. The minimum absolute atomic E-state index is 0.0121. The molecule has 6 nitrogen and oxygen atoms in total. The summed E-state index contributed by atoms with van der Waals surface area (Å²) in [6, 6.07) is 0. The third-order valence-electron chi connectivity index (χ3n) is 2.90. The van der Waals surface area contributed by atoms with Crippen molar-refractivity contribution in [1.82, 2.24) is 10.2 Å². The van der Waals surface area contributed by atoms with Crippen LogP contribution in [0.15, 0.2) is 0 Å². The zero-order valence-corrected chi connectivity index (χ0v) is 9.94. The molecule has 1 saturated heterocycles. The van der Waals surface area contributed by atoms with Crippen molar-refractivity contribution in [3.05, 3.63) is 0 Å². The van der Waals surface area contributed by atoms with Crippen LogP contribution < -0.4 is 5.32 Å². The van der Waals surface area contributed by atoms with Crippen LogP contribution in [0.1, 0.15) is 25.7 Å². The normalized spacial score (nSPS) is 20.2. The number of aliphatic carboxylic acids is 1. The van der Waals surface area contributed by atoms with Crippen LogP contribution in [0.3, 0.4) is 0 Å². The summed E-state index contributed by atoms with van der Waals surface area (Å²) in [6.45, 7) is 0.956. The van der Waals surface area contributed by atoms with Crippen molar-refractivity contribution in [3.63, 3.8) is 0 Å². The number of nitrogens with one attached hydrogen (secondary N) is 1. The van der Waals surface area contributed by atoms with E-state index in [-0.39, 0.29) is 30.6 Å². The lowest BCUT2D eigenvalue weighted by molar-refractivity contribution is -0.139. The van der Waals surface area contributed by atoms with Crippen molar-refractivity contribution in [2.75, 3.05) is 20.1 Å². The molecular formula is C11H18N2O4. The molecular weight excluding hydrogens is 224 g/mol. The molecule has 0 aromatic rings. The van der Waals surface area contributed by atoms with Crippen molar-refractivity contribution in [2.24, 2.45) is 5.92 Å². The van der Waals surface area contributed by atoms with Crippen molar-refractivity contribution in [3.8, 4) is 0 Å². The lowest BCUT2D eigenvalue weighted by Gasteiger charge is -2.27. The largest absolute Gasteiger partial charge is 0.481 e. The standard InChI is InChI=1S/C11H18N2O4/c1-13-6-4-8(7-9(13)14)11(17)12-5-2-3-10(15)16/h8H,2-7H2,1H3,(H,12,17)(H,15,16). The van der Waals surface area contributed by atoms with E-state index in [0.29, 0.717) is 25.9 Å². The predicted octanol–water partition coefficient (Wildman–Crippen LogP) is -0.164. The van der Waals surface area contributed by atoms with Crippen LogP contribution in [-0.4, -0.2) is 47.9 Å². The molecule has 2 N–H and O–H groups in total. The highest BCUT2D eigenvalue weighted by atomic mass is 16.4. The number of carbonyl (C=O) groups is 3. The minimum Gasteiger partial charge on any atom is -0.481 e. The number of nitrogens with zero attached hydrogens (tertiary/aromatic N) is 1. The molecule has 17 heavy (non-hydrogen) atoms. The van der Waals surface area contributed by atoms with Gasteiger partial charge in [-0.15, -0.1) is 0 Å². The average Bonchev–Trinajstić information content (AvgIpc) is 2.27. The Morgan fingerprint density at radius 1 is 1.53 bits per heavy atom. The van der Waals surface area contributed by atoms with E-state index >= 15 is 0 Å². The zero-order chi connectivity index (χ0) is 12.8. The van der Waals surface area contributed by atoms with Gasteiger partial charge in [-0.3, -0.25) is 14.4 Å². The summed E-state index contributed by atoms with van der Waals surface area (Å²) in [5.41, 5.74) is 0. The summed E-state index contributed by atoms with van der Waals surface area (Å²) in [7, 11) is 1.73. The number of hydrogen-bond acceptors (Lipinski definition) is 3. The van der Waals surface area contributed by atoms with Gasteiger partial charge >= 0.3 is 5.97 Å². The molecule has 6 heteroatoms. The van der Waals surface area contributed by atoms with Gasteiger partial charge in [0.2, 0.25) is 11.8 Å². The Labute approximate surface area is 100.0 Å². The maximum atomic E-state index is 11.7. The molecule has 0 spiro atoms. The molecule has 0 aromatic carbocycles. The number of carbonyl (C=O) groups excluding carboxylic acids is 2. The Morgan fingerprint density at radius 2 is 2.24 bits per heavy atom. The second-order valence-electron chi connectivity index (χ2n) is 4.29. The van der Waals surface area contributed by atoms with Gasteiger partial charge in [-0.1, -0.05) is 0 Å². The smallest absolute Gasteiger partial charge is 0.303 e. The van der Waals surface area contributed by atoms with Gasteiger partial charge in [0.15, 0.2) is 0 Å². The van der Waals surface area contributed by atoms with Crippen LogP contribution in [0, 0.1) is 5.92 Å². The van der Waals surface area contributed by atoms with Crippen molar-refractivity contribution >= 4 is 17.8 Å². The molecule has 0 saturated carbocycles. The second kappa shape index (κ2) is 6.22. The van der Waals surface area contributed by atoms with E-state index < -0.39 is 5.97 Å². The Morgan fingerprint density at radius 3 is 2.82 bits per heavy atom. The first kappa shape index (κ1) is 13.5. The van der Waals surface area contributed by atoms with Gasteiger partial charge < -0.3 is 15.3 Å². The van der Waals surface area contributed by atoms with Gasteiger partial charge in [0.05, 0.1) is 0 Å². The van der Waals surface area contributed by atoms with E-state index in [1.807, 2.05) is 0 Å². The van der Waals surface area contributed by atoms with Crippen LogP contribution in [0.25, 0.3) is 0 Å². The molecule has 1 atom stereocenters. The minimum atomic E-state index is -0.867. The SMILES string of the molecule is CN1CCC(C(=O)NCCCC(=O)O)CC1=O. The molecule has 1 aliphatic heterocycles. The average molecular weight is 242 g/mol. The van der Waals surface area contributed by atoms with E-state index in [0.717, 1.165) is 0 Å². The molecule has 0 radical (unpaired) electrons. The first-order valence-electron chi connectivity index (χ1n) is 5.74. The predicted molar refractivity (Wildman–Crippen MR) is 60.2 cm³/mol. The Balaban J connectivity index is 2.24. The van der Waals surface area contributed by atoms with E-state index in [1.54, 1.807) is 11.9 Å². The van der Waals surface area contributed by atoms with Crippen LogP contribution >= 0.6 is 0 Å². The second-order valence-corrected chi connectivity index (χ2v) is 4.29. The Hall–Kier alpha value is -1.59. The van der Waals surface area contributed by atoms with Crippen LogP contribution in [-0.2, 0) is 14.4 Å². The molecule has 0 aromatic heterocycles. The van der Waals surface area contributed by atoms with E-state index in [2.05, 4.69) is 5.32 Å². The van der Waals surface area contributed by atoms with Crippen LogP contribution in [0.5, 0.6) is 0 Å². The molecule has 96 valence electrons. The molecule has 1 fully saturated rings. The number of hydrogen-bond donors (Lipinski definition) is 2. The van der Waals surface area contributed by atoms with Gasteiger partial charge in [0.1, 0.15) is 0 Å². The Bertz CT molecular complexity index is 317. The molecule has 1 unspecified atom stereocenters. The highest BCUT2D eigenvalue weighted by molar-refractivity contribution is 5.86. The fourth-order valence-corrected chi connectivity index (χ4v) is 1.76. The molecule has 1 heterocycles.